The van der Waals surface area contributed by atoms with Crippen LogP contribution in [0.4, 0.5) is 0 Å². The normalized spacial score (nSPS) is 22.6. The standard InChI is InChI=1S/C26H33N3O4S/c1-33-20-12-10-18(11-13-20)25(31)27-22-8-2-3-9-23(22)28-26(32)19-6-4-14-29(17-19)24(30)16-21-7-5-15-34-21/h5,7,10-13,15,19,22-23H,2-4,6,8-9,14,16-17H2,1H3,(H,27,31)(H,28,32)/t19-,22-,23-/m1/s1. The third-order valence-electron chi connectivity index (χ3n) is 6.81. The summed E-state index contributed by atoms with van der Waals surface area (Å²) in [4.78, 5) is 41.5. The highest BCUT2D eigenvalue weighted by Crippen LogP contribution is 2.23. The van der Waals surface area contributed by atoms with Gasteiger partial charge in [-0.2, -0.15) is 0 Å². The van der Waals surface area contributed by atoms with Gasteiger partial charge in [-0.15, -0.1) is 11.3 Å². The van der Waals surface area contributed by atoms with E-state index in [1.165, 1.54) is 0 Å². The first-order valence-electron chi connectivity index (χ1n) is 12.1. The van der Waals surface area contributed by atoms with Crippen LogP contribution >= 0.6 is 11.3 Å². The lowest BCUT2D eigenvalue weighted by Gasteiger charge is -2.36. The Morgan fingerprint density at radius 1 is 1.00 bits per heavy atom. The molecule has 1 saturated heterocycles. The predicted molar refractivity (Wildman–Crippen MR) is 132 cm³/mol. The van der Waals surface area contributed by atoms with Crippen LogP contribution in [0.3, 0.4) is 0 Å². The third-order valence-corrected chi connectivity index (χ3v) is 7.69. The second-order valence-corrected chi connectivity index (χ2v) is 10.2. The molecule has 2 heterocycles. The quantitative estimate of drug-likeness (QED) is 0.632. The van der Waals surface area contributed by atoms with Crippen LogP contribution < -0.4 is 15.4 Å². The van der Waals surface area contributed by atoms with Gasteiger partial charge in [0, 0.05) is 35.6 Å². The largest absolute Gasteiger partial charge is 0.497 e. The van der Waals surface area contributed by atoms with Crippen LogP contribution in [0.2, 0.25) is 0 Å². The SMILES string of the molecule is COc1ccc(C(=O)N[C@@H]2CCCC[C@H]2NC(=O)[C@@H]2CCCN(C(=O)Cc3cccs3)C2)cc1. The van der Waals surface area contributed by atoms with Crippen LogP contribution in [0.1, 0.15) is 53.8 Å². The number of nitrogens with zero attached hydrogens (tertiary/aromatic N) is 1. The monoisotopic (exact) mass is 483 g/mol. The maximum absolute atomic E-state index is 13.1. The topological polar surface area (TPSA) is 87.7 Å². The predicted octanol–water partition coefficient (Wildman–Crippen LogP) is 3.40. The number of methoxy groups -OCH3 is 1. The Hall–Kier alpha value is -2.87. The van der Waals surface area contributed by atoms with E-state index in [1.54, 1.807) is 42.7 Å². The molecule has 4 rings (SSSR count). The van der Waals surface area contributed by atoms with Crippen molar-refractivity contribution in [2.45, 2.75) is 57.0 Å². The summed E-state index contributed by atoms with van der Waals surface area (Å²) >= 11 is 1.58. The summed E-state index contributed by atoms with van der Waals surface area (Å²) in [6.07, 6.45) is 5.73. The first kappa shape index (κ1) is 24.3. The molecule has 1 aromatic carbocycles. The molecule has 3 atom stereocenters. The van der Waals surface area contributed by atoms with Gasteiger partial charge in [0.25, 0.3) is 5.91 Å². The smallest absolute Gasteiger partial charge is 0.251 e. The second-order valence-electron chi connectivity index (χ2n) is 9.14. The molecular weight excluding hydrogens is 450 g/mol. The van der Waals surface area contributed by atoms with Crippen LogP contribution in [0.15, 0.2) is 41.8 Å². The first-order chi connectivity index (χ1) is 16.5. The molecule has 34 heavy (non-hydrogen) atoms. The number of ether oxygens (including phenoxy) is 1. The van der Waals surface area contributed by atoms with Gasteiger partial charge in [0.15, 0.2) is 0 Å². The van der Waals surface area contributed by atoms with E-state index in [2.05, 4.69) is 10.6 Å². The van der Waals surface area contributed by atoms with Crippen molar-refractivity contribution in [2.24, 2.45) is 5.92 Å². The van der Waals surface area contributed by atoms with Gasteiger partial charge in [0.1, 0.15) is 5.75 Å². The minimum Gasteiger partial charge on any atom is -0.497 e. The maximum atomic E-state index is 13.1. The molecule has 0 spiro atoms. The lowest BCUT2D eigenvalue weighted by atomic mass is 9.88. The highest BCUT2D eigenvalue weighted by Gasteiger charge is 2.33. The minimum absolute atomic E-state index is 0.00998. The maximum Gasteiger partial charge on any atom is 0.251 e. The van der Waals surface area contributed by atoms with Crippen LogP contribution in [0.25, 0.3) is 0 Å². The van der Waals surface area contributed by atoms with E-state index in [-0.39, 0.29) is 35.7 Å². The zero-order valence-electron chi connectivity index (χ0n) is 19.6. The van der Waals surface area contributed by atoms with E-state index in [9.17, 15) is 14.4 Å². The van der Waals surface area contributed by atoms with Crippen molar-refractivity contribution in [3.63, 3.8) is 0 Å². The van der Waals surface area contributed by atoms with Gasteiger partial charge >= 0.3 is 0 Å². The van der Waals surface area contributed by atoms with Crippen molar-refractivity contribution in [2.75, 3.05) is 20.2 Å². The molecule has 0 unspecified atom stereocenters. The zero-order valence-corrected chi connectivity index (χ0v) is 20.4. The lowest BCUT2D eigenvalue weighted by Crippen LogP contribution is -2.55. The summed E-state index contributed by atoms with van der Waals surface area (Å²) < 4.78 is 5.16. The Morgan fingerprint density at radius 3 is 2.41 bits per heavy atom. The highest BCUT2D eigenvalue weighted by atomic mass is 32.1. The van der Waals surface area contributed by atoms with Gasteiger partial charge in [-0.25, -0.2) is 0 Å². The van der Waals surface area contributed by atoms with E-state index in [0.29, 0.717) is 30.8 Å². The summed E-state index contributed by atoms with van der Waals surface area (Å²) in [6.45, 7) is 1.17. The number of carbonyl (C=O) groups excluding carboxylic acids is 3. The van der Waals surface area contributed by atoms with E-state index in [0.717, 1.165) is 43.4 Å². The lowest BCUT2D eigenvalue weighted by molar-refractivity contribution is -0.135. The van der Waals surface area contributed by atoms with Gasteiger partial charge in [-0.3, -0.25) is 14.4 Å². The summed E-state index contributed by atoms with van der Waals surface area (Å²) in [6, 6.07) is 10.7. The van der Waals surface area contributed by atoms with Gasteiger partial charge in [0.2, 0.25) is 11.8 Å². The Balaban J connectivity index is 1.32. The van der Waals surface area contributed by atoms with E-state index in [4.69, 9.17) is 4.74 Å². The summed E-state index contributed by atoms with van der Waals surface area (Å²) in [5.74, 6) is 0.430. The molecular formula is C26H33N3O4S. The molecule has 0 bridgehead atoms. The van der Waals surface area contributed by atoms with Crippen LogP contribution in [-0.2, 0) is 16.0 Å². The molecule has 3 amide bonds. The summed E-state index contributed by atoms with van der Waals surface area (Å²) in [7, 11) is 1.59. The number of likely N-dealkylation sites (tertiary alicyclic amines) is 1. The number of amides is 3. The second kappa shape index (κ2) is 11.5. The van der Waals surface area contributed by atoms with E-state index in [1.807, 2.05) is 22.4 Å². The number of hydrogen-bond acceptors (Lipinski definition) is 5. The van der Waals surface area contributed by atoms with Crippen molar-refractivity contribution >= 4 is 29.1 Å². The van der Waals surface area contributed by atoms with Crippen LogP contribution in [-0.4, -0.2) is 54.9 Å². The van der Waals surface area contributed by atoms with Gasteiger partial charge in [-0.05, 0) is 61.4 Å². The third kappa shape index (κ3) is 6.17. The molecule has 2 fully saturated rings. The fraction of sp³-hybridized carbons (Fsp3) is 0.500. The molecule has 0 radical (unpaired) electrons. The van der Waals surface area contributed by atoms with Gasteiger partial charge in [0.05, 0.1) is 19.4 Å². The van der Waals surface area contributed by atoms with Crippen molar-refractivity contribution < 1.29 is 19.1 Å². The summed E-state index contributed by atoms with van der Waals surface area (Å²) in [5.41, 5.74) is 0.573. The van der Waals surface area contributed by atoms with Crippen molar-refractivity contribution in [3.8, 4) is 5.75 Å². The first-order valence-corrected chi connectivity index (χ1v) is 13.0. The Labute approximate surface area is 204 Å². The molecule has 2 aromatic rings. The summed E-state index contributed by atoms with van der Waals surface area (Å²) in [5, 5.41) is 8.31. The Kier molecular flexibility index (Phi) is 8.21. The molecule has 1 saturated carbocycles. The number of nitrogens with one attached hydrogen (secondary N) is 2. The van der Waals surface area contributed by atoms with Crippen molar-refractivity contribution in [1.29, 1.82) is 0 Å². The highest BCUT2D eigenvalue weighted by molar-refractivity contribution is 7.10. The van der Waals surface area contributed by atoms with E-state index >= 15 is 0 Å². The zero-order chi connectivity index (χ0) is 23.9. The minimum atomic E-state index is -0.207. The van der Waals surface area contributed by atoms with Crippen LogP contribution in [0, 0.1) is 5.92 Å². The van der Waals surface area contributed by atoms with Gasteiger partial charge < -0.3 is 20.3 Å². The number of benzene rings is 1. The average Bonchev–Trinajstić information content (AvgIpc) is 3.38. The van der Waals surface area contributed by atoms with Crippen molar-refractivity contribution in [3.05, 3.63) is 52.2 Å². The molecule has 1 aliphatic carbocycles. The fourth-order valence-corrected chi connectivity index (χ4v) is 5.56. The Morgan fingerprint density at radius 2 is 1.74 bits per heavy atom. The molecule has 2 aliphatic rings. The van der Waals surface area contributed by atoms with Gasteiger partial charge in [-0.1, -0.05) is 18.9 Å². The molecule has 7 nitrogen and oxygen atoms in total. The molecule has 182 valence electrons. The molecule has 1 aromatic heterocycles. The van der Waals surface area contributed by atoms with Crippen LogP contribution in [0.5, 0.6) is 5.75 Å². The number of carbonyl (C=O) groups is 3. The van der Waals surface area contributed by atoms with E-state index < -0.39 is 0 Å². The Bertz CT molecular complexity index is 976. The number of thiophene rings is 1. The van der Waals surface area contributed by atoms with Crippen molar-refractivity contribution in [1.82, 2.24) is 15.5 Å². The molecule has 2 N–H and O–H groups in total. The number of piperidine rings is 1. The fourth-order valence-electron chi connectivity index (χ4n) is 4.86. The number of hydrogen-bond donors (Lipinski definition) is 2. The molecule has 8 heteroatoms. The average molecular weight is 484 g/mol. The molecule has 1 aliphatic heterocycles. The number of rotatable bonds is 7.